The Labute approximate surface area is 99.8 Å². The molecule has 0 atom stereocenters. The van der Waals surface area contributed by atoms with Gasteiger partial charge in [0.1, 0.15) is 16.6 Å². The summed E-state index contributed by atoms with van der Waals surface area (Å²) in [7, 11) is 1.60. The topological polar surface area (TPSA) is 126 Å². The van der Waals surface area contributed by atoms with Crippen LogP contribution in [0, 0.1) is 5.41 Å². The van der Waals surface area contributed by atoms with Crippen molar-refractivity contribution in [1.82, 2.24) is 24.7 Å². The van der Waals surface area contributed by atoms with Crippen LogP contribution in [-0.4, -0.2) is 30.6 Å². The lowest BCUT2D eigenvalue weighted by Crippen LogP contribution is -2.13. The van der Waals surface area contributed by atoms with Gasteiger partial charge in [-0.2, -0.15) is 0 Å². The Bertz CT molecular complexity index is 599. The van der Waals surface area contributed by atoms with E-state index in [4.69, 9.17) is 11.1 Å². The zero-order valence-electron chi connectivity index (χ0n) is 8.84. The summed E-state index contributed by atoms with van der Waals surface area (Å²) >= 11 is 1.19. The first kappa shape index (κ1) is 11.3. The van der Waals surface area contributed by atoms with Crippen molar-refractivity contribution in [2.45, 2.75) is 10.2 Å². The smallest absolute Gasteiger partial charge is 0.343 e. The van der Waals surface area contributed by atoms with E-state index >= 15 is 0 Å². The lowest BCUT2D eigenvalue weighted by Gasteiger charge is -2.00. The monoisotopic (exact) mass is 251 g/mol. The molecule has 4 N–H and O–H groups in total. The van der Waals surface area contributed by atoms with E-state index in [9.17, 15) is 4.79 Å². The molecule has 9 heteroatoms. The van der Waals surface area contributed by atoms with Crippen LogP contribution in [0.3, 0.4) is 0 Å². The van der Waals surface area contributed by atoms with Crippen molar-refractivity contribution >= 4 is 17.6 Å². The quantitative estimate of drug-likeness (QED) is 0.490. The molecule has 2 rings (SSSR count). The molecule has 0 aliphatic carbocycles. The third-order valence-corrected chi connectivity index (χ3v) is 2.91. The number of aromatic nitrogens is 5. The van der Waals surface area contributed by atoms with Crippen LogP contribution < -0.4 is 11.4 Å². The molecular formula is C8H9N7OS. The summed E-state index contributed by atoms with van der Waals surface area (Å²) in [6.07, 6.45) is 2.87. The number of nitrogens with zero attached hydrogens (tertiary/aromatic N) is 4. The predicted octanol–water partition coefficient (Wildman–Crippen LogP) is -0.666. The highest BCUT2D eigenvalue weighted by Crippen LogP contribution is 2.21. The zero-order chi connectivity index (χ0) is 12.4. The third kappa shape index (κ3) is 2.33. The van der Waals surface area contributed by atoms with E-state index in [1.54, 1.807) is 7.05 Å². The molecule has 17 heavy (non-hydrogen) atoms. The van der Waals surface area contributed by atoms with Gasteiger partial charge in [0.25, 0.3) is 0 Å². The van der Waals surface area contributed by atoms with Crippen LogP contribution in [0.25, 0.3) is 0 Å². The van der Waals surface area contributed by atoms with Crippen LogP contribution in [0.5, 0.6) is 0 Å². The molecular weight excluding hydrogens is 242 g/mol. The summed E-state index contributed by atoms with van der Waals surface area (Å²) in [6, 6.07) is 0. The second-order valence-electron chi connectivity index (χ2n) is 3.13. The average molecular weight is 251 g/mol. The van der Waals surface area contributed by atoms with Gasteiger partial charge in [-0.3, -0.25) is 9.98 Å². The fourth-order valence-electron chi connectivity index (χ4n) is 1.03. The van der Waals surface area contributed by atoms with Gasteiger partial charge < -0.3 is 5.73 Å². The van der Waals surface area contributed by atoms with Gasteiger partial charge >= 0.3 is 5.69 Å². The Kier molecular flexibility index (Phi) is 2.91. The van der Waals surface area contributed by atoms with Crippen LogP contribution in [0.1, 0.15) is 5.69 Å². The summed E-state index contributed by atoms with van der Waals surface area (Å²) in [4.78, 5) is 19.1. The number of H-pyrrole nitrogens is 1. The lowest BCUT2D eigenvalue weighted by atomic mass is 10.4. The summed E-state index contributed by atoms with van der Waals surface area (Å²) in [5, 5.41) is 14.4. The highest BCUT2D eigenvalue weighted by atomic mass is 32.2. The number of nitrogens with two attached hydrogens (primary N) is 1. The number of hydrogen-bond donors (Lipinski definition) is 3. The molecule has 0 fully saturated rings. The highest BCUT2D eigenvalue weighted by molar-refractivity contribution is 7.99. The fraction of sp³-hybridized carbons (Fsp3) is 0.125. The Morgan fingerprint density at radius 2 is 2.29 bits per heavy atom. The molecule has 0 aliphatic rings. The van der Waals surface area contributed by atoms with Gasteiger partial charge in [-0.05, 0) is 11.8 Å². The fourth-order valence-corrected chi connectivity index (χ4v) is 1.73. The number of nitrogen functional groups attached to an aromatic ring is 1. The van der Waals surface area contributed by atoms with E-state index in [-0.39, 0.29) is 11.5 Å². The second kappa shape index (κ2) is 4.37. The number of rotatable bonds is 3. The van der Waals surface area contributed by atoms with Crippen LogP contribution in [0.4, 0.5) is 0 Å². The van der Waals surface area contributed by atoms with Crippen molar-refractivity contribution < 1.29 is 0 Å². The number of amidine groups is 1. The van der Waals surface area contributed by atoms with Gasteiger partial charge in [-0.15, -0.1) is 5.10 Å². The number of nitrogens with one attached hydrogen (secondary N) is 2. The molecule has 2 heterocycles. The predicted molar refractivity (Wildman–Crippen MR) is 61.0 cm³/mol. The highest BCUT2D eigenvalue weighted by Gasteiger charge is 2.08. The van der Waals surface area contributed by atoms with Crippen LogP contribution in [0.15, 0.2) is 27.4 Å². The van der Waals surface area contributed by atoms with E-state index in [0.29, 0.717) is 15.9 Å². The third-order valence-electron chi connectivity index (χ3n) is 1.94. The van der Waals surface area contributed by atoms with Gasteiger partial charge in [0.05, 0.1) is 12.4 Å². The Balaban J connectivity index is 2.22. The van der Waals surface area contributed by atoms with Crippen LogP contribution in [-0.2, 0) is 7.05 Å². The molecule has 0 unspecified atom stereocenters. The number of aromatic amines is 1. The summed E-state index contributed by atoms with van der Waals surface area (Å²) in [6.45, 7) is 0. The van der Waals surface area contributed by atoms with Crippen molar-refractivity contribution in [2.24, 2.45) is 12.8 Å². The molecule has 2 aromatic rings. The van der Waals surface area contributed by atoms with Crippen molar-refractivity contribution in [3.05, 3.63) is 28.6 Å². The summed E-state index contributed by atoms with van der Waals surface area (Å²) in [5.74, 6) is -0.138. The number of hydrogen-bond acceptors (Lipinski definition) is 6. The van der Waals surface area contributed by atoms with E-state index in [1.807, 2.05) is 0 Å². The SMILES string of the molecule is Cn1c(Sc2cnc(C(=N)N)cn2)n[nH]c1=O. The lowest BCUT2D eigenvalue weighted by molar-refractivity contribution is 0.764. The molecule has 0 aromatic carbocycles. The van der Waals surface area contributed by atoms with Gasteiger partial charge in [0.2, 0.25) is 0 Å². The zero-order valence-corrected chi connectivity index (χ0v) is 9.65. The molecule has 0 bridgehead atoms. The Morgan fingerprint density at radius 3 is 2.76 bits per heavy atom. The summed E-state index contributed by atoms with van der Waals surface area (Å²) in [5.41, 5.74) is 5.27. The van der Waals surface area contributed by atoms with E-state index < -0.39 is 0 Å². The van der Waals surface area contributed by atoms with E-state index in [1.165, 1.54) is 28.7 Å². The molecule has 88 valence electrons. The molecule has 0 spiro atoms. The minimum Gasteiger partial charge on any atom is -0.382 e. The van der Waals surface area contributed by atoms with Crippen LogP contribution >= 0.6 is 11.8 Å². The molecule has 0 aliphatic heterocycles. The van der Waals surface area contributed by atoms with Crippen molar-refractivity contribution in [2.75, 3.05) is 0 Å². The standard InChI is InChI=1S/C8H9N7OS/c1-15-7(16)13-14-8(15)17-5-3-11-4(2-12-5)6(9)10/h2-3H,1H3,(H3,9,10)(H,13,16). The Hall–Kier alpha value is -2.16. The van der Waals surface area contributed by atoms with Gasteiger partial charge in [0.15, 0.2) is 5.16 Å². The average Bonchev–Trinajstić information content (AvgIpc) is 2.62. The van der Waals surface area contributed by atoms with Crippen LogP contribution in [0.2, 0.25) is 0 Å². The van der Waals surface area contributed by atoms with Gasteiger partial charge in [0, 0.05) is 7.05 Å². The summed E-state index contributed by atoms with van der Waals surface area (Å²) < 4.78 is 1.37. The first-order valence-electron chi connectivity index (χ1n) is 4.53. The maximum Gasteiger partial charge on any atom is 0.343 e. The maximum absolute atomic E-state index is 11.1. The first-order valence-corrected chi connectivity index (χ1v) is 5.35. The van der Waals surface area contributed by atoms with Gasteiger partial charge in [-0.25, -0.2) is 19.9 Å². The molecule has 0 radical (unpaired) electrons. The largest absolute Gasteiger partial charge is 0.382 e. The molecule has 0 saturated carbocycles. The van der Waals surface area contributed by atoms with Crippen molar-refractivity contribution in [1.29, 1.82) is 5.41 Å². The minimum atomic E-state index is -0.291. The first-order chi connectivity index (χ1) is 8.08. The molecule has 2 aromatic heterocycles. The molecule has 0 saturated heterocycles. The van der Waals surface area contributed by atoms with Crippen molar-refractivity contribution in [3.63, 3.8) is 0 Å². The maximum atomic E-state index is 11.1. The van der Waals surface area contributed by atoms with E-state index in [0.717, 1.165) is 0 Å². The second-order valence-corrected chi connectivity index (χ2v) is 4.11. The van der Waals surface area contributed by atoms with Gasteiger partial charge in [-0.1, -0.05) is 0 Å². The minimum absolute atomic E-state index is 0.138. The Morgan fingerprint density at radius 1 is 1.53 bits per heavy atom. The molecule has 0 amide bonds. The molecule has 8 nitrogen and oxygen atoms in total. The normalized spacial score (nSPS) is 10.4. The van der Waals surface area contributed by atoms with Crippen molar-refractivity contribution in [3.8, 4) is 0 Å². The van der Waals surface area contributed by atoms with E-state index in [2.05, 4.69) is 20.2 Å².